The number of hydrogen-bond acceptors (Lipinski definition) is 7. The first kappa shape index (κ1) is 68.4. The van der Waals surface area contributed by atoms with Gasteiger partial charge < -0.3 is 14.6 Å². The van der Waals surface area contributed by atoms with Gasteiger partial charge in [-0.3, -0.25) is 9.59 Å². The van der Waals surface area contributed by atoms with Crippen molar-refractivity contribution in [3.8, 4) is 17.2 Å². The molecule has 0 saturated heterocycles. The predicted octanol–water partition coefficient (Wildman–Crippen LogP) is 21.0. The summed E-state index contributed by atoms with van der Waals surface area (Å²) in [5, 5.41) is 11.7. The van der Waals surface area contributed by atoms with Crippen LogP contribution in [0.1, 0.15) is 302 Å². The molecule has 0 aliphatic heterocycles. The van der Waals surface area contributed by atoms with Crippen LogP contribution in [0.3, 0.4) is 0 Å². The minimum atomic E-state index is -0.530. The highest BCUT2D eigenvalue weighted by Gasteiger charge is 2.37. The fraction of sp³-hybridized carbons (Fsp3) is 0.714. The number of benzene rings is 3. The second kappa shape index (κ2) is 33.1. The van der Waals surface area contributed by atoms with Gasteiger partial charge in [-0.1, -0.05) is 244 Å². The van der Waals surface area contributed by atoms with E-state index in [9.17, 15) is 14.7 Å². The van der Waals surface area contributed by atoms with Gasteiger partial charge in [0.05, 0.1) is 12.8 Å². The van der Waals surface area contributed by atoms with Gasteiger partial charge in [0.2, 0.25) is 0 Å². The topological polar surface area (TPSA) is 72.8 Å². The highest BCUT2D eigenvalue weighted by atomic mass is 32.2. The number of thioether (sulfide) groups is 2. The SMILES string of the molecule is CCCCCCCCCCCCSCCC(=O)Oc1cc(C)c(C(C)(CCc2cc(C(C)(C)C)c(O)c(C(C)(C)C)c2)c2cc(C(C)(C)C)c(OC(=O)CCSCCCCCCCCCCCC)cc2C)cc1C(C)(C)C. The maximum Gasteiger partial charge on any atom is 0.312 e. The lowest BCUT2D eigenvalue weighted by Crippen LogP contribution is -2.29. The van der Waals surface area contributed by atoms with Crippen molar-refractivity contribution in [3.63, 3.8) is 0 Å². The standard InChI is InChI=1S/C70H114O5S2/c1-18-20-22-24-26-28-30-32-34-36-42-76-44-39-63(71)74-61-46-52(3)55(50-57(61)66(5,6)7)70(17,41-38-54-48-59(68(11,12)13)65(73)60(49-54)69(14,15)16)56-51-58(67(8,9)10)62(47-53(56)4)75-64(72)40-45-77-43-37-35-33-31-29-27-25-23-21-19-2/h46-51,73H,18-45H2,1-17H3. The largest absolute Gasteiger partial charge is 0.507 e. The van der Waals surface area contributed by atoms with Crippen molar-refractivity contribution in [2.24, 2.45) is 0 Å². The molecule has 436 valence electrons. The number of rotatable bonds is 35. The number of phenols is 1. The van der Waals surface area contributed by atoms with E-state index in [0.29, 0.717) is 30.1 Å². The molecular weight excluding hydrogens is 985 g/mol. The fourth-order valence-electron chi connectivity index (χ4n) is 10.9. The summed E-state index contributed by atoms with van der Waals surface area (Å²) in [7, 11) is 0. The monoisotopic (exact) mass is 1100 g/mol. The summed E-state index contributed by atoms with van der Waals surface area (Å²) in [5.74, 6) is 5.02. The van der Waals surface area contributed by atoms with Crippen LogP contribution in [0.5, 0.6) is 17.2 Å². The number of aromatic hydroxyl groups is 1. The lowest BCUT2D eigenvalue weighted by Gasteiger charge is -2.37. The molecule has 0 radical (unpaired) electrons. The molecule has 3 rings (SSSR count). The normalized spacial score (nSPS) is 12.6. The molecule has 0 unspecified atom stereocenters. The number of esters is 2. The summed E-state index contributed by atoms with van der Waals surface area (Å²) in [5.41, 5.74) is 7.97. The van der Waals surface area contributed by atoms with Crippen molar-refractivity contribution >= 4 is 35.5 Å². The van der Waals surface area contributed by atoms with Gasteiger partial charge in [-0.2, -0.15) is 23.5 Å². The maximum absolute atomic E-state index is 13.7. The molecule has 5 nitrogen and oxygen atoms in total. The molecule has 0 aliphatic rings. The highest BCUT2D eigenvalue weighted by Crippen LogP contribution is 2.48. The van der Waals surface area contributed by atoms with Crippen molar-refractivity contribution in [2.45, 2.75) is 299 Å². The van der Waals surface area contributed by atoms with E-state index < -0.39 is 5.41 Å². The van der Waals surface area contributed by atoms with Crippen LogP contribution in [0, 0.1) is 13.8 Å². The summed E-state index contributed by atoms with van der Waals surface area (Å²) < 4.78 is 12.7. The van der Waals surface area contributed by atoms with Gasteiger partial charge in [-0.25, -0.2) is 0 Å². The van der Waals surface area contributed by atoms with E-state index >= 15 is 0 Å². The average Bonchev–Trinajstić information content (AvgIpc) is 3.32. The summed E-state index contributed by atoms with van der Waals surface area (Å²) in [4.78, 5) is 27.3. The molecule has 0 saturated carbocycles. The Bertz CT molecular complexity index is 2080. The highest BCUT2D eigenvalue weighted by molar-refractivity contribution is 7.99. The molecule has 0 amide bonds. The predicted molar refractivity (Wildman–Crippen MR) is 339 cm³/mol. The zero-order valence-corrected chi connectivity index (χ0v) is 54.3. The third kappa shape index (κ3) is 23.6. The number of carbonyl (C=O) groups excluding carboxylic acids is 2. The molecule has 3 aromatic rings. The smallest absolute Gasteiger partial charge is 0.312 e. The number of ether oxygens (including phenoxy) is 2. The Morgan fingerprint density at radius 3 is 1.04 bits per heavy atom. The van der Waals surface area contributed by atoms with Crippen molar-refractivity contribution in [1.29, 1.82) is 0 Å². The lowest BCUT2D eigenvalue weighted by atomic mass is 9.67. The number of phenolic OH excluding ortho intramolecular Hbond substituents is 1. The molecule has 0 heterocycles. The van der Waals surface area contributed by atoms with Crippen molar-refractivity contribution in [3.05, 3.63) is 86.5 Å². The maximum atomic E-state index is 13.7. The first-order chi connectivity index (χ1) is 36.1. The lowest BCUT2D eigenvalue weighted by molar-refractivity contribution is -0.134. The molecule has 0 bridgehead atoms. The van der Waals surface area contributed by atoms with Gasteiger partial charge in [-0.05, 0) is 124 Å². The second-order valence-corrected chi connectivity index (χ2v) is 29.7. The first-order valence-corrected chi connectivity index (χ1v) is 33.2. The minimum absolute atomic E-state index is 0.180. The quantitative estimate of drug-likeness (QED) is 0.0357. The number of hydrogen-bond donors (Lipinski definition) is 1. The van der Waals surface area contributed by atoms with Crippen molar-refractivity contribution in [2.75, 3.05) is 23.0 Å². The Kier molecular flexibility index (Phi) is 29.4. The Labute approximate surface area is 482 Å². The molecule has 77 heavy (non-hydrogen) atoms. The third-order valence-corrected chi connectivity index (χ3v) is 17.9. The molecule has 0 fully saturated rings. The average molecular weight is 1100 g/mol. The van der Waals surface area contributed by atoms with Gasteiger partial charge >= 0.3 is 11.9 Å². The zero-order valence-electron chi connectivity index (χ0n) is 52.7. The van der Waals surface area contributed by atoms with Crippen molar-refractivity contribution in [1.82, 2.24) is 0 Å². The Hall–Kier alpha value is -2.90. The van der Waals surface area contributed by atoms with Crippen LogP contribution in [0.4, 0.5) is 0 Å². The number of unbranched alkanes of at least 4 members (excludes halogenated alkanes) is 18. The number of carbonyl (C=O) groups is 2. The van der Waals surface area contributed by atoms with Gasteiger partial charge in [0.25, 0.3) is 0 Å². The summed E-state index contributed by atoms with van der Waals surface area (Å²) >= 11 is 3.74. The van der Waals surface area contributed by atoms with E-state index in [1.54, 1.807) is 0 Å². The Morgan fingerprint density at radius 2 is 0.727 bits per heavy atom. The molecule has 0 spiro atoms. The van der Waals surface area contributed by atoms with Crippen LogP contribution in [-0.4, -0.2) is 40.1 Å². The zero-order chi connectivity index (χ0) is 57.5. The van der Waals surface area contributed by atoms with E-state index in [2.05, 4.69) is 154 Å². The van der Waals surface area contributed by atoms with Gasteiger partial charge in [-0.15, -0.1) is 0 Å². The second-order valence-electron chi connectivity index (χ2n) is 27.2. The van der Waals surface area contributed by atoms with Crippen LogP contribution in [0.25, 0.3) is 0 Å². The summed E-state index contributed by atoms with van der Waals surface area (Å²) in [6.07, 6.45) is 28.9. The molecule has 0 aromatic heterocycles. The van der Waals surface area contributed by atoms with E-state index in [0.717, 1.165) is 69.2 Å². The minimum Gasteiger partial charge on any atom is -0.507 e. The Morgan fingerprint density at radius 1 is 0.416 bits per heavy atom. The molecule has 3 aromatic carbocycles. The first-order valence-electron chi connectivity index (χ1n) is 30.9. The van der Waals surface area contributed by atoms with Gasteiger partial charge in [0, 0.05) is 28.0 Å². The van der Waals surface area contributed by atoms with Crippen LogP contribution in [-0.2, 0) is 43.1 Å². The summed E-state index contributed by atoms with van der Waals surface area (Å²) in [6.45, 7) is 37.6. The van der Waals surface area contributed by atoms with Crippen LogP contribution in [0.2, 0.25) is 0 Å². The third-order valence-electron chi connectivity index (χ3n) is 15.8. The summed E-state index contributed by atoms with van der Waals surface area (Å²) in [6, 6.07) is 13.3. The Balaban J connectivity index is 1.95. The fourth-order valence-corrected chi connectivity index (χ4v) is 12.8. The van der Waals surface area contributed by atoms with Gasteiger partial charge in [0.1, 0.15) is 17.2 Å². The van der Waals surface area contributed by atoms with E-state index in [4.69, 9.17) is 9.47 Å². The van der Waals surface area contributed by atoms with Crippen molar-refractivity contribution < 1.29 is 24.2 Å². The van der Waals surface area contributed by atoms with Crippen LogP contribution < -0.4 is 9.47 Å². The van der Waals surface area contributed by atoms with Crippen LogP contribution in [0.15, 0.2) is 36.4 Å². The molecule has 1 N–H and O–H groups in total. The van der Waals surface area contributed by atoms with Gasteiger partial charge in [0.15, 0.2) is 0 Å². The molecular formula is C70H114O5S2. The number of aryl methyl sites for hydroxylation is 3. The van der Waals surface area contributed by atoms with Crippen LogP contribution >= 0.6 is 23.5 Å². The molecule has 0 atom stereocenters. The molecule has 7 heteroatoms. The van der Waals surface area contributed by atoms with E-state index in [-0.39, 0.29) is 33.6 Å². The van der Waals surface area contributed by atoms with E-state index in [1.165, 1.54) is 145 Å². The van der Waals surface area contributed by atoms with E-state index in [1.807, 2.05) is 23.5 Å². The molecule has 0 aliphatic carbocycles.